The van der Waals surface area contributed by atoms with Crippen LogP contribution >= 0.6 is 11.8 Å². The van der Waals surface area contributed by atoms with Gasteiger partial charge in [-0.05, 0) is 43.2 Å². The van der Waals surface area contributed by atoms with Crippen LogP contribution in [0.5, 0.6) is 5.75 Å². The predicted molar refractivity (Wildman–Crippen MR) is 97.2 cm³/mol. The summed E-state index contributed by atoms with van der Waals surface area (Å²) in [6, 6.07) is 14.5. The third kappa shape index (κ3) is 4.39. The van der Waals surface area contributed by atoms with E-state index in [4.69, 9.17) is 4.74 Å². The first kappa shape index (κ1) is 17.5. The maximum atomic E-state index is 13.3. The van der Waals surface area contributed by atoms with Gasteiger partial charge in [0, 0.05) is 12.3 Å². The number of nitrogens with zero attached hydrogens (tertiary/aromatic N) is 3. The Bertz CT molecular complexity index is 850. The molecule has 2 aromatic carbocycles. The van der Waals surface area contributed by atoms with E-state index in [1.807, 2.05) is 48.7 Å². The lowest BCUT2D eigenvalue weighted by molar-refractivity contribution is 0.286. The number of aromatic nitrogens is 3. The quantitative estimate of drug-likeness (QED) is 0.579. The molecule has 25 heavy (non-hydrogen) atoms. The van der Waals surface area contributed by atoms with Gasteiger partial charge in [-0.3, -0.25) is 0 Å². The highest BCUT2D eigenvalue weighted by molar-refractivity contribution is 7.98. The zero-order chi connectivity index (χ0) is 17.6. The van der Waals surface area contributed by atoms with Crippen molar-refractivity contribution in [3.8, 4) is 5.75 Å². The molecule has 3 rings (SSSR count). The number of thioether (sulfide) groups is 1. The molecule has 0 bridgehead atoms. The van der Waals surface area contributed by atoms with Crippen LogP contribution in [0.25, 0.3) is 0 Å². The van der Waals surface area contributed by atoms with E-state index in [1.165, 1.54) is 6.07 Å². The molecule has 1 heterocycles. The van der Waals surface area contributed by atoms with Crippen LogP contribution in [-0.4, -0.2) is 14.8 Å². The number of hydrogen-bond acceptors (Lipinski definition) is 4. The van der Waals surface area contributed by atoms with E-state index in [2.05, 4.69) is 10.2 Å². The molecule has 0 unspecified atom stereocenters. The van der Waals surface area contributed by atoms with Crippen molar-refractivity contribution in [3.05, 3.63) is 71.3 Å². The summed E-state index contributed by atoms with van der Waals surface area (Å²) in [6.45, 7) is 5.18. The van der Waals surface area contributed by atoms with Gasteiger partial charge in [0.25, 0.3) is 0 Å². The highest BCUT2D eigenvalue weighted by Crippen LogP contribution is 2.23. The second kappa shape index (κ2) is 8.16. The van der Waals surface area contributed by atoms with E-state index in [0.717, 1.165) is 34.4 Å². The lowest BCUT2D eigenvalue weighted by Gasteiger charge is -2.10. The molecule has 0 aliphatic rings. The van der Waals surface area contributed by atoms with Crippen molar-refractivity contribution < 1.29 is 9.13 Å². The van der Waals surface area contributed by atoms with Gasteiger partial charge < -0.3 is 9.30 Å². The highest BCUT2D eigenvalue weighted by atomic mass is 32.2. The molecule has 0 spiro atoms. The second-order valence-electron chi connectivity index (χ2n) is 5.62. The van der Waals surface area contributed by atoms with E-state index in [1.54, 1.807) is 23.9 Å². The largest absolute Gasteiger partial charge is 0.485 e. The van der Waals surface area contributed by atoms with Crippen LogP contribution in [0.3, 0.4) is 0 Å². The maximum Gasteiger partial charge on any atom is 0.191 e. The summed E-state index contributed by atoms with van der Waals surface area (Å²) in [5.74, 6) is 2.06. The summed E-state index contributed by atoms with van der Waals surface area (Å²) in [7, 11) is 0. The van der Waals surface area contributed by atoms with Crippen molar-refractivity contribution in [2.75, 3.05) is 0 Å². The lowest BCUT2D eigenvalue weighted by Crippen LogP contribution is -2.07. The van der Waals surface area contributed by atoms with Gasteiger partial charge >= 0.3 is 0 Å². The Morgan fingerprint density at radius 1 is 1.12 bits per heavy atom. The summed E-state index contributed by atoms with van der Waals surface area (Å²) >= 11 is 1.55. The molecule has 6 heteroatoms. The Labute approximate surface area is 151 Å². The molecule has 3 aromatic rings. The second-order valence-corrected chi connectivity index (χ2v) is 6.56. The molecule has 0 saturated heterocycles. The number of rotatable bonds is 7. The Morgan fingerprint density at radius 3 is 2.72 bits per heavy atom. The number of para-hydroxylation sites is 1. The normalized spacial score (nSPS) is 10.8. The molecule has 0 saturated carbocycles. The van der Waals surface area contributed by atoms with Crippen molar-refractivity contribution in [3.63, 3.8) is 0 Å². The minimum Gasteiger partial charge on any atom is -0.485 e. The lowest BCUT2D eigenvalue weighted by atomic mass is 10.2. The summed E-state index contributed by atoms with van der Waals surface area (Å²) in [6.07, 6.45) is 0. The first-order valence-electron chi connectivity index (χ1n) is 8.15. The molecule has 0 amide bonds. The minimum absolute atomic E-state index is 0.220. The molecule has 4 nitrogen and oxygen atoms in total. The van der Waals surface area contributed by atoms with E-state index < -0.39 is 0 Å². The third-order valence-electron chi connectivity index (χ3n) is 3.82. The average molecular weight is 357 g/mol. The molecule has 0 fully saturated rings. The highest BCUT2D eigenvalue weighted by Gasteiger charge is 2.12. The summed E-state index contributed by atoms with van der Waals surface area (Å²) in [5.41, 5.74) is 2.01. The first-order valence-corrected chi connectivity index (χ1v) is 9.13. The predicted octanol–water partition coefficient (Wildman–Crippen LogP) is 4.62. The van der Waals surface area contributed by atoms with Crippen LogP contribution in [0.1, 0.15) is 23.9 Å². The minimum atomic E-state index is -0.220. The monoisotopic (exact) mass is 357 g/mol. The Kier molecular flexibility index (Phi) is 5.71. The van der Waals surface area contributed by atoms with Gasteiger partial charge in [-0.15, -0.1) is 10.2 Å². The summed E-state index contributed by atoms with van der Waals surface area (Å²) in [5, 5.41) is 9.33. The molecule has 0 atom stereocenters. The average Bonchev–Trinajstić information content (AvgIpc) is 3.01. The van der Waals surface area contributed by atoms with Gasteiger partial charge in [0.15, 0.2) is 11.0 Å². The fourth-order valence-electron chi connectivity index (χ4n) is 2.49. The Balaban J connectivity index is 1.67. The van der Waals surface area contributed by atoms with E-state index in [0.29, 0.717) is 12.4 Å². The number of ether oxygens (including phenoxy) is 1. The molecular formula is C19H20FN3OS. The van der Waals surface area contributed by atoms with Crippen LogP contribution in [-0.2, 0) is 18.9 Å². The van der Waals surface area contributed by atoms with Gasteiger partial charge in [-0.2, -0.15) is 0 Å². The molecule has 1 aromatic heterocycles. The van der Waals surface area contributed by atoms with Crippen LogP contribution < -0.4 is 4.74 Å². The number of aryl methyl sites for hydroxylation is 1. The number of halogens is 1. The number of benzene rings is 2. The van der Waals surface area contributed by atoms with Crippen molar-refractivity contribution >= 4 is 11.8 Å². The van der Waals surface area contributed by atoms with Crippen molar-refractivity contribution in [1.29, 1.82) is 0 Å². The van der Waals surface area contributed by atoms with Crippen LogP contribution in [0.4, 0.5) is 4.39 Å². The Morgan fingerprint density at radius 2 is 1.96 bits per heavy atom. The van der Waals surface area contributed by atoms with Gasteiger partial charge in [0.2, 0.25) is 0 Å². The van der Waals surface area contributed by atoms with Crippen molar-refractivity contribution in [2.24, 2.45) is 0 Å². The molecule has 0 N–H and O–H groups in total. The van der Waals surface area contributed by atoms with Gasteiger partial charge in [-0.1, -0.05) is 42.1 Å². The SMILES string of the molecule is CCn1c(COc2ccccc2C)nnc1SCc1cccc(F)c1. The van der Waals surface area contributed by atoms with Crippen molar-refractivity contribution in [2.45, 2.75) is 37.9 Å². The van der Waals surface area contributed by atoms with Gasteiger partial charge in [0.05, 0.1) is 0 Å². The molecule has 130 valence electrons. The Hall–Kier alpha value is -2.34. The molecule has 0 radical (unpaired) electrons. The number of hydrogen-bond donors (Lipinski definition) is 0. The van der Waals surface area contributed by atoms with E-state index in [9.17, 15) is 4.39 Å². The summed E-state index contributed by atoms with van der Waals surface area (Å²) in [4.78, 5) is 0. The van der Waals surface area contributed by atoms with Crippen LogP contribution in [0.15, 0.2) is 53.7 Å². The van der Waals surface area contributed by atoms with Gasteiger partial charge in [0.1, 0.15) is 18.2 Å². The van der Waals surface area contributed by atoms with Crippen LogP contribution in [0.2, 0.25) is 0 Å². The fourth-order valence-corrected chi connectivity index (χ4v) is 3.45. The molecular weight excluding hydrogens is 337 g/mol. The van der Waals surface area contributed by atoms with E-state index >= 15 is 0 Å². The summed E-state index contributed by atoms with van der Waals surface area (Å²) < 4.78 is 21.2. The fraction of sp³-hybridized carbons (Fsp3) is 0.263. The maximum absolute atomic E-state index is 13.3. The van der Waals surface area contributed by atoms with Gasteiger partial charge in [-0.25, -0.2) is 4.39 Å². The first-order chi connectivity index (χ1) is 12.2. The van der Waals surface area contributed by atoms with Crippen molar-refractivity contribution in [1.82, 2.24) is 14.8 Å². The molecule has 0 aliphatic heterocycles. The third-order valence-corrected chi connectivity index (χ3v) is 4.85. The smallest absolute Gasteiger partial charge is 0.191 e. The van der Waals surface area contributed by atoms with Crippen LogP contribution in [0, 0.1) is 12.7 Å². The molecule has 0 aliphatic carbocycles. The zero-order valence-corrected chi connectivity index (χ0v) is 15.1. The van der Waals surface area contributed by atoms with E-state index in [-0.39, 0.29) is 5.82 Å². The topological polar surface area (TPSA) is 39.9 Å². The standard InChI is InChI=1S/C19H20FN3OS/c1-3-23-18(12-24-17-10-5-4-7-14(17)2)21-22-19(23)25-13-15-8-6-9-16(20)11-15/h4-11H,3,12-13H2,1-2H3. The zero-order valence-electron chi connectivity index (χ0n) is 14.3.